The molecule has 3 nitrogen and oxygen atoms in total. The van der Waals surface area contributed by atoms with Gasteiger partial charge in [-0.15, -0.1) is 0 Å². The van der Waals surface area contributed by atoms with Crippen molar-refractivity contribution in [3.05, 3.63) is 55.7 Å². The van der Waals surface area contributed by atoms with Gasteiger partial charge in [0.05, 0.1) is 0 Å². The molecule has 92 valence electrons. The molecule has 0 heterocycles. The molecule has 2 aromatic rings. The third-order valence-corrected chi connectivity index (χ3v) is 3.64. The second-order valence-corrected chi connectivity index (χ2v) is 6.08. The minimum absolute atomic E-state index is 0.239. The number of hydrogen-bond acceptors (Lipinski definition) is 1. The van der Waals surface area contributed by atoms with Crippen LogP contribution in [0.3, 0.4) is 0 Å². The Kier molecular flexibility index (Phi) is 4.81. The van der Waals surface area contributed by atoms with Gasteiger partial charge in [-0.05, 0) is 93.7 Å². The van der Waals surface area contributed by atoms with E-state index in [9.17, 15) is 4.79 Å². The summed E-state index contributed by atoms with van der Waals surface area (Å²) < 4.78 is 2.27. The summed E-state index contributed by atoms with van der Waals surface area (Å²) in [6.07, 6.45) is 0. The molecular formula is C13H10I2N2O. The van der Waals surface area contributed by atoms with Crippen LogP contribution in [0.1, 0.15) is 0 Å². The van der Waals surface area contributed by atoms with Crippen LogP contribution in [0.2, 0.25) is 0 Å². The summed E-state index contributed by atoms with van der Waals surface area (Å²) >= 11 is 4.45. The van der Waals surface area contributed by atoms with Crippen molar-refractivity contribution < 1.29 is 4.79 Å². The first-order valence-electron chi connectivity index (χ1n) is 5.22. The summed E-state index contributed by atoms with van der Waals surface area (Å²) in [6, 6.07) is 15.0. The standard InChI is InChI=1S/C13H10I2N2O/c14-9-1-5-11(6-2-9)16-13(18)17-12-7-3-10(15)4-8-12/h1-8H,(H2,16,17,18). The van der Waals surface area contributed by atoms with Crippen LogP contribution >= 0.6 is 45.2 Å². The molecule has 0 bridgehead atoms. The molecule has 5 heteroatoms. The maximum Gasteiger partial charge on any atom is 0.323 e. The van der Waals surface area contributed by atoms with Crippen molar-refractivity contribution in [2.24, 2.45) is 0 Å². The Balaban J connectivity index is 1.96. The van der Waals surface area contributed by atoms with Crippen LogP contribution in [0.25, 0.3) is 0 Å². The molecule has 18 heavy (non-hydrogen) atoms. The number of nitrogens with one attached hydrogen (secondary N) is 2. The first kappa shape index (κ1) is 13.6. The minimum atomic E-state index is -0.239. The monoisotopic (exact) mass is 464 g/mol. The van der Waals surface area contributed by atoms with Gasteiger partial charge in [0.15, 0.2) is 0 Å². The van der Waals surface area contributed by atoms with Gasteiger partial charge in [0.1, 0.15) is 0 Å². The number of urea groups is 1. The Morgan fingerprint density at radius 2 is 1.06 bits per heavy atom. The molecule has 2 rings (SSSR count). The Morgan fingerprint density at radius 1 is 0.722 bits per heavy atom. The summed E-state index contributed by atoms with van der Waals surface area (Å²) in [7, 11) is 0. The second-order valence-electron chi connectivity index (χ2n) is 3.59. The average Bonchev–Trinajstić information content (AvgIpc) is 2.35. The van der Waals surface area contributed by atoms with Gasteiger partial charge in [0.25, 0.3) is 0 Å². The van der Waals surface area contributed by atoms with E-state index in [0.717, 1.165) is 18.5 Å². The molecule has 0 aliphatic rings. The molecule has 0 atom stereocenters. The van der Waals surface area contributed by atoms with E-state index >= 15 is 0 Å². The van der Waals surface area contributed by atoms with E-state index in [4.69, 9.17) is 0 Å². The molecule has 0 aliphatic heterocycles. The smallest absolute Gasteiger partial charge is 0.308 e. The van der Waals surface area contributed by atoms with E-state index in [1.165, 1.54) is 0 Å². The van der Waals surface area contributed by atoms with Crippen molar-refractivity contribution >= 4 is 62.6 Å². The number of carbonyl (C=O) groups is 1. The molecule has 0 spiro atoms. The van der Waals surface area contributed by atoms with Crippen LogP contribution in [0.4, 0.5) is 16.2 Å². The van der Waals surface area contributed by atoms with Gasteiger partial charge >= 0.3 is 6.03 Å². The zero-order chi connectivity index (χ0) is 13.0. The molecule has 0 unspecified atom stereocenters. The molecule has 0 radical (unpaired) electrons. The Bertz CT molecular complexity index is 488. The summed E-state index contributed by atoms with van der Waals surface area (Å²) in [5.41, 5.74) is 1.55. The molecule has 0 saturated carbocycles. The van der Waals surface area contributed by atoms with E-state index in [2.05, 4.69) is 55.8 Å². The van der Waals surface area contributed by atoms with Crippen LogP contribution in [-0.4, -0.2) is 6.03 Å². The number of hydrogen-bond donors (Lipinski definition) is 2. The van der Waals surface area contributed by atoms with E-state index in [1.807, 2.05) is 48.5 Å². The first-order chi connectivity index (χ1) is 8.63. The lowest BCUT2D eigenvalue weighted by atomic mass is 10.3. The highest BCUT2D eigenvalue weighted by atomic mass is 127. The van der Waals surface area contributed by atoms with Crippen LogP contribution in [-0.2, 0) is 0 Å². The van der Waals surface area contributed by atoms with Gasteiger partial charge in [-0.2, -0.15) is 0 Å². The van der Waals surface area contributed by atoms with Crippen molar-refractivity contribution in [2.75, 3.05) is 10.6 Å². The van der Waals surface area contributed by atoms with E-state index in [0.29, 0.717) is 0 Å². The van der Waals surface area contributed by atoms with Gasteiger partial charge < -0.3 is 10.6 Å². The normalized spacial score (nSPS) is 9.89. The Hall–Kier alpha value is -0.830. The largest absolute Gasteiger partial charge is 0.323 e. The molecular weight excluding hydrogens is 454 g/mol. The number of benzene rings is 2. The summed E-state index contributed by atoms with van der Waals surface area (Å²) in [6.45, 7) is 0. The highest BCUT2D eigenvalue weighted by Crippen LogP contribution is 2.13. The highest BCUT2D eigenvalue weighted by Gasteiger charge is 2.02. The van der Waals surface area contributed by atoms with Crippen LogP contribution in [0, 0.1) is 7.14 Å². The molecule has 0 aliphatic carbocycles. The van der Waals surface area contributed by atoms with Crippen molar-refractivity contribution in [3.63, 3.8) is 0 Å². The Labute approximate surface area is 133 Å². The van der Waals surface area contributed by atoms with E-state index < -0.39 is 0 Å². The van der Waals surface area contributed by atoms with E-state index in [-0.39, 0.29) is 6.03 Å². The Morgan fingerprint density at radius 3 is 1.39 bits per heavy atom. The van der Waals surface area contributed by atoms with E-state index in [1.54, 1.807) is 0 Å². The summed E-state index contributed by atoms with van der Waals surface area (Å²) in [4.78, 5) is 11.7. The zero-order valence-electron chi connectivity index (χ0n) is 9.28. The molecule has 0 saturated heterocycles. The highest BCUT2D eigenvalue weighted by molar-refractivity contribution is 14.1. The lowest BCUT2D eigenvalue weighted by Gasteiger charge is -2.07. The topological polar surface area (TPSA) is 41.1 Å². The number of amides is 2. The third-order valence-electron chi connectivity index (χ3n) is 2.20. The van der Waals surface area contributed by atoms with Crippen LogP contribution in [0.15, 0.2) is 48.5 Å². The van der Waals surface area contributed by atoms with Gasteiger partial charge in [-0.3, -0.25) is 0 Å². The van der Waals surface area contributed by atoms with Crippen molar-refractivity contribution in [1.29, 1.82) is 0 Å². The van der Waals surface area contributed by atoms with Crippen molar-refractivity contribution in [3.8, 4) is 0 Å². The minimum Gasteiger partial charge on any atom is -0.308 e. The third kappa shape index (κ3) is 4.13. The lowest BCUT2D eigenvalue weighted by Crippen LogP contribution is -2.19. The van der Waals surface area contributed by atoms with Crippen LogP contribution < -0.4 is 10.6 Å². The van der Waals surface area contributed by atoms with Gasteiger partial charge in [0.2, 0.25) is 0 Å². The maximum atomic E-state index is 11.7. The van der Waals surface area contributed by atoms with Gasteiger partial charge in [-0.1, -0.05) is 0 Å². The van der Waals surface area contributed by atoms with Crippen LogP contribution in [0.5, 0.6) is 0 Å². The molecule has 2 aromatic carbocycles. The fourth-order valence-electron chi connectivity index (χ4n) is 1.36. The fraction of sp³-hybridized carbons (Fsp3) is 0. The second kappa shape index (κ2) is 6.37. The number of carbonyl (C=O) groups excluding carboxylic acids is 1. The molecule has 0 fully saturated rings. The predicted octanol–water partition coefficient (Wildman–Crippen LogP) is 4.54. The number of halogens is 2. The van der Waals surface area contributed by atoms with Gasteiger partial charge in [-0.25, -0.2) is 4.79 Å². The number of rotatable bonds is 2. The van der Waals surface area contributed by atoms with Gasteiger partial charge in [0, 0.05) is 18.5 Å². The summed E-state index contributed by atoms with van der Waals surface area (Å²) in [5.74, 6) is 0. The predicted molar refractivity (Wildman–Crippen MR) is 91.0 cm³/mol. The maximum absolute atomic E-state index is 11.7. The van der Waals surface area contributed by atoms with Crippen molar-refractivity contribution in [2.45, 2.75) is 0 Å². The lowest BCUT2D eigenvalue weighted by molar-refractivity contribution is 0.262. The molecule has 0 aromatic heterocycles. The SMILES string of the molecule is O=C(Nc1ccc(I)cc1)Nc1ccc(I)cc1. The molecule has 2 amide bonds. The number of anilines is 2. The fourth-order valence-corrected chi connectivity index (χ4v) is 2.08. The summed E-state index contributed by atoms with van der Waals surface area (Å²) in [5, 5.41) is 5.55. The van der Waals surface area contributed by atoms with Crippen molar-refractivity contribution in [1.82, 2.24) is 0 Å². The molecule has 2 N–H and O–H groups in total. The first-order valence-corrected chi connectivity index (χ1v) is 7.38. The quantitative estimate of drug-likeness (QED) is 0.631. The average molecular weight is 464 g/mol. The zero-order valence-corrected chi connectivity index (χ0v) is 13.6.